The third kappa shape index (κ3) is 4.80. The van der Waals surface area contributed by atoms with Crippen molar-refractivity contribution in [3.8, 4) is 5.75 Å². The van der Waals surface area contributed by atoms with Crippen molar-refractivity contribution >= 4 is 23.2 Å². The largest absolute Gasteiger partial charge is 0.495 e. The summed E-state index contributed by atoms with van der Waals surface area (Å²) in [6, 6.07) is 14.9. The lowest BCUT2D eigenvalue weighted by Crippen LogP contribution is -2.49. The van der Waals surface area contributed by atoms with Gasteiger partial charge in [-0.3, -0.25) is 9.69 Å². The highest BCUT2D eigenvalue weighted by Gasteiger charge is 2.30. The molecule has 2 aromatic rings. The number of anilines is 1. The van der Waals surface area contributed by atoms with Gasteiger partial charge in [-0.2, -0.15) is 0 Å². The first-order valence-corrected chi connectivity index (χ1v) is 9.66. The van der Waals surface area contributed by atoms with E-state index in [2.05, 4.69) is 22.0 Å². The average Bonchev–Trinajstić information content (AvgIpc) is 2.70. The number of ether oxygens (including phenoxy) is 1. The van der Waals surface area contributed by atoms with E-state index >= 15 is 0 Å². The maximum absolute atomic E-state index is 13.2. The molecule has 5 nitrogen and oxygen atoms in total. The Balaban J connectivity index is 1.80. The summed E-state index contributed by atoms with van der Waals surface area (Å²) >= 11 is 6.20. The van der Waals surface area contributed by atoms with Crippen molar-refractivity contribution in [3.05, 3.63) is 59.1 Å². The number of hydrogen-bond donors (Lipinski definition) is 1. The van der Waals surface area contributed by atoms with Crippen LogP contribution >= 0.6 is 11.6 Å². The Morgan fingerprint density at radius 2 is 1.85 bits per heavy atom. The fourth-order valence-electron chi connectivity index (χ4n) is 3.46. The topological polar surface area (TPSA) is 44.8 Å². The van der Waals surface area contributed by atoms with Gasteiger partial charge in [-0.25, -0.2) is 0 Å². The summed E-state index contributed by atoms with van der Waals surface area (Å²) in [5.41, 5.74) is 1.67. The second-order valence-corrected chi connectivity index (χ2v) is 7.03. The molecule has 0 bridgehead atoms. The van der Waals surface area contributed by atoms with Crippen LogP contribution in [-0.4, -0.2) is 55.5 Å². The van der Waals surface area contributed by atoms with Gasteiger partial charge in [0.15, 0.2) is 0 Å². The van der Waals surface area contributed by atoms with Crippen LogP contribution < -0.4 is 10.1 Å². The third-order valence-corrected chi connectivity index (χ3v) is 5.30. The molecular formula is C21H26ClN3O2. The monoisotopic (exact) mass is 387 g/mol. The van der Waals surface area contributed by atoms with Crippen LogP contribution in [0.25, 0.3) is 0 Å². The van der Waals surface area contributed by atoms with Crippen LogP contribution in [0.3, 0.4) is 0 Å². The number of piperazine rings is 1. The minimum atomic E-state index is -0.328. The molecule has 27 heavy (non-hydrogen) atoms. The van der Waals surface area contributed by atoms with Gasteiger partial charge in [-0.1, -0.05) is 48.9 Å². The molecule has 0 unspecified atom stereocenters. The Morgan fingerprint density at radius 3 is 2.44 bits per heavy atom. The molecule has 0 aromatic heterocycles. The van der Waals surface area contributed by atoms with Crippen molar-refractivity contribution in [3.63, 3.8) is 0 Å². The molecule has 1 aliphatic heterocycles. The Bertz CT molecular complexity index is 761. The highest BCUT2D eigenvalue weighted by Crippen LogP contribution is 2.29. The summed E-state index contributed by atoms with van der Waals surface area (Å²) in [6.07, 6.45) is 0. The van der Waals surface area contributed by atoms with Crippen molar-refractivity contribution in [1.82, 2.24) is 9.80 Å². The summed E-state index contributed by atoms with van der Waals surface area (Å²) in [5, 5.41) is 3.50. The van der Waals surface area contributed by atoms with Gasteiger partial charge in [-0.05, 0) is 30.3 Å². The molecule has 1 amide bonds. The lowest BCUT2D eigenvalue weighted by atomic mass is 10.0. The zero-order valence-electron chi connectivity index (χ0n) is 15.8. The van der Waals surface area contributed by atoms with Gasteiger partial charge in [0, 0.05) is 31.9 Å². The maximum atomic E-state index is 13.2. The van der Waals surface area contributed by atoms with Gasteiger partial charge >= 0.3 is 0 Å². The quantitative estimate of drug-likeness (QED) is 0.821. The number of nitrogens with zero attached hydrogens (tertiary/aromatic N) is 2. The molecule has 1 aliphatic rings. The molecule has 0 saturated carbocycles. The first-order chi connectivity index (χ1) is 13.1. The van der Waals surface area contributed by atoms with E-state index in [0.717, 1.165) is 38.3 Å². The fraction of sp³-hybridized carbons (Fsp3) is 0.381. The van der Waals surface area contributed by atoms with Crippen molar-refractivity contribution in [2.45, 2.75) is 13.0 Å². The van der Waals surface area contributed by atoms with Crippen LogP contribution in [0.15, 0.2) is 48.5 Å². The summed E-state index contributed by atoms with van der Waals surface area (Å²) < 4.78 is 5.18. The molecule has 6 heteroatoms. The van der Waals surface area contributed by atoms with E-state index in [1.165, 1.54) is 0 Å². The predicted octanol–water partition coefficient (Wildman–Crippen LogP) is 3.67. The smallest absolute Gasteiger partial charge is 0.246 e. The van der Waals surface area contributed by atoms with Crippen LogP contribution in [-0.2, 0) is 4.79 Å². The maximum Gasteiger partial charge on any atom is 0.246 e. The van der Waals surface area contributed by atoms with Gasteiger partial charge in [0.25, 0.3) is 0 Å². The van der Waals surface area contributed by atoms with Gasteiger partial charge in [0.05, 0.1) is 12.1 Å². The van der Waals surface area contributed by atoms with Crippen LogP contribution in [0, 0.1) is 0 Å². The minimum absolute atomic E-state index is 0.0487. The predicted molar refractivity (Wildman–Crippen MR) is 110 cm³/mol. The van der Waals surface area contributed by atoms with Gasteiger partial charge in [0.1, 0.15) is 11.8 Å². The number of amides is 1. The van der Waals surface area contributed by atoms with Crippen LogP contribution in [0.5, 0.6) is 5.75 Å². The van der Waals surface area contributed by atoms with Crippen LogP contribution in [0.4, 0.5) is 5.69 Å². The Labute approximate surface area is 165 Å². The first kappa shape index (κ1) is 19.7. The first-order valence-electron chi connectivity index (χ1n) is 9.28. The number of benzene rings is 2. The number of carbonyl (C=O) groups excluding carboxylic acids is 1. The van der Waals surface area contributed by atoms with Crippen molar-refractivity contribution in [2.24, 2.45) is 0 Å². The normalized spacial score (nSPS) is 16.7. The van der Waals surface area contributed by atoms with E-state index in [1.807, 2.05) is 30.3 Å². The fourth-order valence-corrected chi connectivity index (χ4v) is 3.71. The van der Waals surface area contributed by atoms with E-state index in [4.69, 9.17) is 16.3 Å². The molecule has 1 heterocycles. The van der Waals surface area contributed by atoms with Crippen molar-refractivity contribution in [1.29, 1.82) is 0 Å². The lowest BCUT2D eigenvalue weighted by Gasteiger charge is -2.38. The van der Waals surface area contributed by atoms with Gasteiger partial charge in [0.2, 0.25) is 5.91 Å². The summed E-state index contributed by atoms with van der Waals surface area (Å²) in [6.45, 7) is 6.89. The van der Waals surface area contributed by atoms with Crippen LogP contribution in [0.1, 0.15) is 18.5 Å². The van der Waals surface area contributed by atoms with Crippen LogP contribution in [0.2, 0.25) is 5.02 Å². The molecule has 0 spiro atoms. The second kappa shape index (κ2) is 9.22. The number of hydrogen-bond acceptors (Lipinski definition) is 4. The number of halogens is 1. The number of likely N-dealkylation sites (N-methyl/N-ethyl adjacent to an activating group) is 1. The molecule has 3 rings (SSSR count). The molecule has 1 atom stereocenters. The van der Waals surface area contributed by atoms with E-state index in [1.54, 1.807) is 25.3 Å². The van der Waals surface area contributed by atoms with E-state index < -0.39 is 0 Å². The lowest BCUT2D eigenvalue weighted by molar-refractivity contribution is -0.122. The van der Waals surface area contributed by atoms with E-state index in [-0.39, 0.29) is 11.9 Å². The second-order valence-electron chi connectivity index (χ2n) is 6.62. The molecule has 1 N–H and O–H groups in total. The minimum Gasteiger partial charge on any atom is -0.495 e. The Morgan fingerprint density at radius 1 is 1.15 bits per heavy atom. The number of carbonyl (C=O) groups is 1. The number of methoxy groups -OCH3 is 1. The molecular weight excluding hydrogens is 362 g/mol. The SMILES string of the molecule is CCN1CCN([C@H](C(=O)Nc2ccc(OC)c(Cl)c2)c2ccccc2)CC1. The summed E-state index contributed by atoms with van der Waals surface area (Å²) in [7, 11) is 1.57. The summed E-state index contributed by atoms with van der Waals surface area (Å²) in [4.78, 5) is 17.8. The standard InChI is InChI=1S/C21H26ClN3O2/c1-3-24-11-13-25(14-12-24)20(16-7-5-4-6-8-16)21(26)23-17-9-10-19(27-2)18(22)15-17/h4-10,15,20H,3,11-14H2,1-2H3,(H,23,26)/t20-/m0/s1. The number of rotatable bonds is 6. The molecule has 2 aromatic carbocycles. The third-order valence-electron chi connectivity index (χ3n) is 5.00. The van der Waals surface area contributed by atoms with E-state index in [0.29, 0.717) is 16.5 Å². The highest BCUT2D eigenvalue weighted by molar-refractivity contribution is 6.32. The zero-order chi connectivity index (χ0) is 19.2. The Hall–Kier alpha value is -2.08. The van der Waals surface area contributed by atoms with Gasteiger partial charge < -0.3 is 15.0 Å². The molecule has 0 radical (unpaired) electrons. The average molecular weight is 388 g/mol. The summed E-state index contributed by atoms with van der Waals surface area (Å²) in [5.74, 6) is 0.539. The molecule has 1 saturated heterocycles. The van der Waals surface area contributed by atoms with Crippen molar-refractivity contribution in [2.75, 3.05) is 45.2 Å². The molecule has 144 valence electrons. The van der Waals surface area contributed by atoms with Crippen molar-refractivity contribution < 1.29 is 9.53 Å². The molecule has 0 aliphatic carbocycles. The zero-order valence-corrected chi connectivity index (χ0v) is 16.6. The van der Waals surface area contributed by atoms with Gasteiger partial charge in [-0.15, -0.1) is 0 Å². The Kier molecular flexibility index (Phi) is 6.72. The van der Waals surface area contributed by atoms with E-state index in [9.17, 15) is 4.79 Å². The highest BCUT2D eigenvalue weighted by atomic mass is 35.5. The number of nitrogens with one attached hydrogen (secondary N) is 1. The molecule has 1 fully saturated rings.